The normalized spacial score (nSPS) is 42.4. The minimum atomic E-state index is -0.702. The first-order chi connectivity index (χ1) is 14.2. The van der Waals surface area contributed by atoms with Crippen LogP contribution in [0.25, 0.3) is 0 Å². The number of ketones is 1. The van der Waals surface area contributed by atoms with Gasteiger partial charge in [0.05, 0.1) is 6.10 Å². The largest absolute Gasteiger partial charge is 0.481 e. The molecule has 0 heterocycles. The molecule has 0 aromatic rings. The van der Waals surface area contributed by atoms with Crippen LogP contribution in [0.1, 0.15) is 91.9 Å². The molecule has 0 aromatic carbocycles. The second-order valence-corrected chi connectivity index (χ2v) is 10.9. The van der Waals surface area contributed by atoms with Crippen LogP contribution < -0.4 is 0 Å². The molecular weight excluding hydrogens is 376 g/mol. The van der Waals surface area contributed by atoms with Gasteiger partial charge >= 0.3 is 5.97 Å². The van der Waals surface area contributed by atoms with Crippen molar-refractivity contribution in [2.75, 3.05) is 0 Å². The van der Waals surface area contributed by atoms with E-state index in [0.717, 1.165) is 63.4 Å². The van der Waals surface area contributed by atoms with Crippen molar-refractivity contribution in [1.29, 1.82) is 0 Å². The number of carbonyl (C=O) groups excluding carboxylic acids is 1. The van der Waals surface area contributed by atoms with E-state index in [2.05, 4.69) is 20.8 Å². The number of carboxylic acid groups (broad SMARTS) is 1. The van der Waals surface area contributed by atoms with Crippen LogP contribution in [0.4, 0.5) is 0 Å². The first-order valence-corrected chi connectivity index (χ1v) is 12.3. The molecule has 3 rings (SSSR count). The van der Waals surface area contributed by atoms with Crippen molar-refractivity contribution in [3.63, 3.8) is 0 Å². The minimum Gasteiger partial charge on any atom is -0.481 e. The third kappa shape index (κ3) is 4.54. The Morgan fingerprint density at radius 3 is 2.63 bits per heavy atom. The predicted octanol–water partition coefficient (Wildman–Crippen LogP) is 5.63. The first-order valence-electron chi connectivity index (χ1n) is 12.3. The van der Waals surface area contributed by atoms with Crippen LogP contribution in [-0.2, 0) is 9.59 Å². The number of hydrogen-bond donors (Lipinski definition) is 2. The van der Waals surface area contributed by atoms with Crippen molar-refractivity contribution in [3.05, 3.63) is 11.6 Å². The summed E-state index contributed by atoms with van der Waals surface area (Å²) in [7, 11) is 0. The fraction of sp³-hybridized carbons (Fsp3) is 0.846. The zero-order chi connectivity index (χ0) is 22.1. The molecule has 0 aromatic heterocycles. The van der Waals surface area contributed by atoms with E-state index in [9.17, 15) is 14.7 Å². The van der Waals surface area contributed by atoms with Gasteiger partial charge in [-0.25, -0.2) is 0 Å². The quantitative estimate of drug-likeness (QED) is 0.580. The van der Waals surface area contributed by atoms with Crippen LogP contribution in [0.2, 0.25) is 0 Å². The summed E-state index contributed by atoms with van der Waals surface area (Å²) in [5.74, 6) is 1.67. The second kappa shape index (κ2) is 9.54. The molecule has 8 atom stereocenters. The zero-order valence-electron chi connectivity index (χ0n) is 19.4. The van der Waals surface area contributed by atoms with E-state index in [1.54, 1.807) is 0 Å². The van der Waals surface area contributed by atoms with Crippen molar-refractivity contribution in [2.24, 2.45) is 40.9 Å². The lowest BCUT2D eigenvalue weighted by atomic mass is 9.48. The van der Waals surface area contributed by atoms with Gasteiger partial charge in [-0.3, -0.25) is 9.59 Å². The van der Waals surface area contributed by atoms with Gasteiger partial charge in [-0.2, -0.15) is 0 Å². The molecule has 3 fully saturated rings. The van der Waals surface area contributed by atoms with Gasteiger partial charge in [0.1, 0.15) is 0 Å². The molecule has 4 heteroatoms. The van der Waals surface area contributed by atoms with Gasteiger partial charge in [0.15, 0.2) is 5.78 Å². The number of aliphatic hydroxyl groups is 1. The predicted molar refractivity (Wildman–Crippen MR) is 119 cm³/mol. The fourth-order valence-corrected chi connectivity index (χ4v) is 7.26. The highest BCUT2D eigenvalue weighted by molar-refractivity contribution is 5.99. The number of Topliss-reactive ketones (excluding diaryl/α,β-unsaturated/α-hetero) is 1. The monoisotopic (exact) mass is 418 g/mol. The number of aliphatic carboxylic acids is 1. The van der Waals surface area contributed by atoms with Gasteiger partial charge in [0.2, 0.25) is 0 Å². The molecular formula is C26H42O4. The molecule has 4 nitrogen and oxygen atoms in total. The highest BCUT2D eigenvalue weighted by Crippen LogP contribution is 2.59. The molecule has 0 saturated heterocycles. The Balaban J connectivity index is 1.84. The third-order valence-corrected chi connectivity index (χ3v) is 9.19. The summed E-state index contributed by atoms with van der Waals surface area (Å²) in [6.45, 7) is 8.88. The Labute approximate surface area is 182 Å². The summed E-state index contributed by atoms with van der Waals surface area (Å²) < 4.78 is 0. The Morgan fingerprint density at radius 2 is 1.97 bits per heavy atom. The molecule has 0 radical (unpaired) electrons. The second-order valence-electron chi connectivity index (χ2n) is 10.9. The zero-order valence-corrected chi connectivity index (χ0v) is 19.4. The number of fused-ring (bicyclic) bond motifs is 3. The Hall–Kier alpha value is -1.16. The number of carboxylic acids is 1. The molecule has 170 valence electrons. The van der Waals surface area contributed by atoms with Gasteiger partial charge in [-0.15, -0.1) is 0 Å². The average molecular weight is 419 g/mol. The van der Waals surface area contributed by atoms with Crippen molar-refractivity contribution in [1.82, 2.24) is 0 Å². The molecule has 0 aliphatic heterocycles. The molecule has 3 aliphatic rings. The lowest BCUT2D eigenvalue weighted by Gasteiger charge is -2.56. The van der Waals surface area contributed by atoms with E-state index in [0.29, 0.717) is 29.5 Å². The van der Waals surface area contributed by atoms with Gasteiger partial charge in [0.25, 0.3) is 0 Å². The summed E-state index contributed by atoms with van der Waals surface area (Å²) in [5, 5.41) is 19.4. The number of allylic oxidation sites excluding steroid dienone is 2. The SMILES string of the molecule is C/C=C1/C(=O)[C@@H]2C(C)CCC([C@H](C)CCC(=O)O)CCCC2[C@@]2(C)CC[C@@H](O)C[C@@H]12. The maximum absolute atomic E-state index is 13.7. The smallest absolute Gasteiger partial charge is 0.303 e. The van der Waals surface area contributed by atoms with Crippen LogP contribution in [0.3, 0.4) is 0 Å². The summed E-state index contributed by atoms with van der Waals surface area (Å²) in [4.78, 5) is 24.7. The molecule has 3 aliphatic carbocycles. The van der Waals surface area contributed by atoms with Crippen LogP contribution in [0.5, 0.6) is 0 Å². The van der Waals surface area contributed by atoms with Gasteiger partial charge in [-0.05, 0) is 92.4 Å². The maximum Gasteiger partial charge on any atom is 0.303 e. The van der Waals surface area contributed by atoms with Gasteiger partial charge in [0, 0.05) is 12.3 Å². The number of aliphatic hydroxyl groups excluding tert-OH is 1. The standard InChI is InChI=1S/C26H42O4/c1-5-20-22-15-19(27)13-14-26(22,4)21-8-6-7-18(16(2)10-12-23(28)29)11-9-17(3)24(21)25(20)30/h5,16-19,21-22,24,27H,6-15H2,1-4H3,(H,28,29)/b20-5+/t16-,17?,18?,19-,21?,22+,24-,26-/m1/s1. The number of rotatable bonds is 4. The summed E-state index contributed by atoms with van der Waals surface area (Å²) in [6.07, 6.45) is 10.9. The van der Waals surface area contributed by atoms with E-state index in [1.165, 1.54) is 0 Å². The van der Waals surface area contributed by atoms with Crippen LogP contribution in [0.15, 0.2) is 11.6 Å². The lowest BCUT2D eigenvalue weighted by molar-refractivity contribution is -0.138. The summed E-state index contributed by atoms with van der Waals surface area (Å²) >= 11 is 0. The van der Waals surface area contributed by atoms with Crippen LogP contribution in [0, 0.1) is 40.9 Å². The van der Waals surface area contributed by atoms with Crippen molar-refractivity contribution in [3.8, 4) is 0 Å². The van der Waals surface area contributed by atoms with Crippen LogP contribution >= 0.6 is 0 Å². The van der Waals surface area contributed by atoms with Crippen molar-refractivity contribution in [2.45, 2.75) is 98.0 Å². The van der Waals surface area contributed by atoms with Crippen molar-refractivity contribution >= 4 is 11.8 Å². The van der Waals surface area contributed by atoms with E-state index >= 15 is 0 Å². The highest BCUT2D eigenvalue weighted by Gasteiger charge is 2.56. The molecule has 30 heavy (non-hydrogen) atoms. The lowest BCUT2D eigenvalue weighted by Crippen LogP contribution is -2.54. The summed E-state index contributed by atoms with van der Waals surface area (Å²) in [6, 6.07) is 0. The molecule has 3 saturated carbocycles. The molecule has 0 amide bonds. The topological polar surface area (TPSA) is 74.6 Å². The molecule has 3 unspecified atom stereocenters. The van der Waals surface area contributed by atoms with Crippen molar-refractivity contribution < 1.29 is 19.8 Å². The van der Waals surface area contributed by atoms with E-state index in [1.807, 2.05) is 13.0 Å². The minimum absolute atomic E-state index is 0.0979. The van der Waals surface area contributed by atoms with Gasteiger partial charge in [-0.1, -0.05) is 39.7 Å². The maximum atomic E-state index is 13.7. The van der Waals surface area contributed by atoms with E-state index in [4.69, 9.17) is 5.11 Å². The van der Waals surface area contributed by atoms with E-state index < -0.39 is 5.97 Å². The van der Waals surface area contributed by atoms with Gasteiger partial charge < -0.3 is 10.2 Å². The fourth-order valence-electron chi connectivity index (χ4n) is 7.26. The molecule has 0 bridgehead atoms. The Kier molecular flexibility index (Phi) is 7.48. The molecule has 0 spiro atoms. The Morgan fingerprint density at radius 1 is 1.23 bits per heavy atom. The summed E-state index contributed by atoms with van der Waals surface area (Å²) in [5.41, 5.74) is 1.08. The first kappa shape index (κ1) is 23.5. The molecule has 2 N–H and O–H groups in total. The number of carbonyl (C=O) groups is 2. The van der Waals surface area contributed by atoms with E-state index in [-0.39, 0.29) is 29.8 Å². The Bertz CT molecular complexity index is 668. The number of hydrogen-bond acceptors (Lipinski definition) is 3. The van der Waals surface area contributed by atoms with Crippen LogP contribution in [-0.4, -0.2) is 28.1 Å². The average Bonchev–Trinajstić information content (AvgIpc) is 2.78. The third-order valence-electron chi connectivity index (χ3n) is 9.19. The highest BCUT2D eigenvalue weighted by atomic mass is 16.4.